The molecule has 1 fully saturated rings. The van der Waals surface area contributed by atoms with Crippen LogP contribution < -0.4 is 10.1 Å². The Morgan fingerprint density at radius 2 is 1.66 bits per heavy atom. The van der Waals surface area contributed by atoms with Crippen molar-refractivity contribution in [3.8, 4) is 5.75 Å². The van der Waals surface area contributed by atoms with Crippen LogP contribution in [0.5, 0.6) is 5.75 Å². The lowest BCUT2D eigenvalue weighted by Crippen LogP contribution is -2.31. The molecule has 166 valence electrons. The maximum absolute atomic E-state index is 12.7. The maximum atomic E-state index is 12.7. The fourth-order valence-electron chi connectivity index (χ4n) is 3.42. The molecule has 0 aliphatic carbocycles. The number of halogens is 1. The van der Waals surface area contributed by atoms with Gasteiger partial charge < -0.3 is 15.0 Å². The second kappa shape index (κ2) is 10.6. The first kappa shape index (κ1) is 22.2. The van der Waals surface area contributed by atoms with Crippen LogP contribution in [0.2, 0.25) is 5.02 Å². The van der Waals surface area contributed by atoms with Crippen molar-refractivity contribution in [3.05, 3.63) is 69.1 Å². The second-order valence-corrected chi connectivity index (χ2v) is 8.98. The van der Waals surface area contributed by atoms with Gasteiger partial charge in [-0.1, -0.05) is 35.8 Å². The van der Waals surface area contributed by atoms with Gasteiger partial charge in [0.1, 0.15) is 12.4 Å². The Morgan fingerprint density at radius 1 is 0.969 bits per heavy atom. The van der Waals surface area contributed by atoms with Crippen molar-refractivity contribution in [1.29, 1.82) is 0 Å². The van der Waals surface area contributed by atoms with Gasteiger partial charge in [0, 0.05) is 29.4 Å². The highest BCUT2D eigenvalue weighted by atomic mass is 35.5. The van der Waals surface area contributed by atoms with Crippen molar-refractivity contribution in [2.75, 3.05) is 18.4 Å². The standard InChI is InChI=1S/C23H23ClN4O3S/c24-17-7-9-18(10-8-17)25-21(29)22-27-26-20(32-22)15-31-19-11-5-16(6-12-19)23(30)28-13-3-1-2-4-14-28/h5-12H,1-4,13-15H2,(H,25,29). The molecule has 32 heavy (non-hydrogen) atoms. The maximum Gasteiger partial charge on any atom is 0.286 e. The number of carbonyl (C=O) groups is 2. The summed E-state index contributed by atoms with van der Waals surface area (Å²) in [6, 6.07) is 14.0. The molecule has 2 aromatic carbocycles. The summed E-state index contributed by atoms with van der Waals surface area (Å²) in [4.78, 5) is 26.9. The molecule has 0 saturated carbocycles. The number of benzene rings is 2. The van der Waals surface area contributed by atoms with Gasteiger partial charge in [-0.3, -0.25) is 9.59 Å². The average Bonchev–Trinajstić information content (AvgIpc) is 3.13. The lowest BCUT2D eigenvalue weighted by atomic mass is 10.2. The van der Waals surface area contributed by atoms with Gasteiger partial charge in [-0.05, 0) is 61.4 Å². The molecule has 1 aliphatic rings. The van der Waals surface area contributed by atoms with E-state index in [1.807, 2.05) is 4.90 Å². The van der Waals surface area contributed by atoms with Gasteiger partial charge in [0.25, 0.3) is 11.8 Å². The summed E-state index contributed by atoms with van der Waals surface area (Å²) in [7, 11) is 0. The van der Waals surface area contributed by atoms with Gasteiger partial charge in [-0.15, -0.1) is 10.2 Å². The van der Waals surface area contributed by atoms with E-state index in [4.69, 9.17) is 16.3 Å². The molecule has 0 bridgehead atoms. The zero-order valence-corrected chi connectivity index (χ0v) is 19.0. The molecule has 3 aromatic rings. The van der Waals surface area contributed by atoms with Gasteiger partial charge >= 0.3 is 0 Å². The number of likely N-dealkylation sites (tertiary alicyclic amines) is 1. The average molecular weight is 471 g/mol. The summed E-state index contributed by atoms with van der Waals surface area (Å²) in [6.45, 7) is 1.83. The zero-order valence-electron chi connectivity index (χ0n) is 17.4. The van der Waals surface area contributed by atoms with E-state index >= 15 is 0 Å². The van der Waals surface area contributed by atoms with Crippen LogP contribution in [0, 0.1) is 0 Å². The van der Waals surface area contributed by atoms with Crippen molar-refractivity contribution >= 4 is 40.4 Å². The molecule has 1 aromatic heterocycles. The van der Waals surface area contributed by atoms with Gasteiger partial charge in [0.15, 0.2) is 5.01 Å². The number of carbonyl (C=O) groups excluding carboxylic acids is 2. The van der Waals surface area contributed by atoms with Crippen LogP contribution in [0.1, 0.15) is 50.9 Å². The van der Waals surface area contributed by atoms with E-state index in [-0.39, 0.29) is 23.4 Å². The van der Waals surface area contributed by atoms with E-state index in [1.54, 1.807) is 48.5 Å². The highest BCUT2D eigenvalue weighted by Gasteiger charge is 2.17. The normalized spacial score (nSPS) is 14.0. The molecule has 1 N–H and O–H groups in total. The SMILES string of the molecule is O=C(Nc1ccc(Cl)cc1)c1nnc(COc2ccc(C(=O)N3CCCCCC3)cc2)s1. The minimum Gasteiger partial charge on any atom is -0.486 e. The molecule has 4 rings (SSSR count). The van der Waals surface area contributed by atoms with E-state index < -0.39 is 0 Å². The van der Waals surface area contributed by atoms with Crippen LogP contribution in [0.15, 0.2) is 48.5 Å². The first-order valence-electron chi connectivity index (χ1n) is 10.5. The van der Waals surface area contributed by atoms with Crippen molar-refractivity contribution in [2.24, 2.45) is 0 Å². The Hall–Kier alpha value is -2.97. The van der Waals surface area contributed by atoms with E-state index in [9.17, 15) is 9.59 Å². The van der Waals surface area contributed by atoms with Gasteiger partial charge in [-0.2, -0.15) is 0 Å². The number of anilines is 1. The Balaban J connectivity index is 1.30. The number of rotatable bonds is 6. The van der Waals surface area contributed by atoms with Crippen LogP contribution in [0.3, 0.4) is 0 Å². The van der Waals surface area contributed by atoms with Gasteiger partial charge in [0.2, 0.25) is 5.01 Å². The van der Waals surface area contributed by atoms with E-state index in [0.717, 1.165) is 25.9 Å². The van der Waals surface area contributed by atoms with Gasteiger partial charge in [-0.25, -0.2) is 0 Å². The van der Waals surface area contributed by atoms with Crippen LogP contribution >= 0.6 is 22.9 Å². The Morgan fingerprint density at radius 3 is 2.34 bits per heavy atom. The predicted molar refractivity (Wildman–Crippen MR) is 124 cm³/mol. The van der Waals surface area contributed by atoms with Gasteiger partial charge in [0.05, 0.1) is 0 Å². The second-order valence-electron chi connectivity index (χ2n) is 7.48. The number of hydrogen-bond donors (Lipinski definition) is 1. The Kier molecular flexibility index (Phi) is 7.34. The summed E-state index contributed by atoms with van der Waals surface area (Å²) in [6.07, 6.45) is 4.50. The third-order valence-electron chi connectivity index (χ3n) is 5.12. The fraction of sp³-hybridized carbons (Fsp3) is 0.304. The number of nitrogens with zero attached hydrogens (tertiary/aromatic N) is 3. The lowest BCUT2D eigenvalue weighted by molar-refractivity contribution is 0.0761. The van der Waals surface area contributed by atoms with E-state index in [0.29, 0.717) is 27.0 Å². The summed E-state index contributed by atoms with van der Waals surface area (Å²) < 4.78 is 5.75. The topological polar surface area (TPSA) is 84.4 Å². The minimum absolute atomic E-state index is 0.0684. The van der Waals surface area contributed by atoms with Crippen molar-refractivity contribution < 1.29 is 14.3 Å². The van der Waals surface area contributed by atoms with Crippen molar-refractivity contribution in [3.63, 3.8) is 0 Å². The molecular formula is C23H23ClN4O3S. The number of ether oxygens (including phenoxy) is 1. The molecule has 7 nitrogen and oxygen atoms in total. The van der Waals surface area contributed by atoms with Crippen LogP contribution in [0.25, 0.3) is 0 Å². The highest BCUT2D eigenvalue weighted by Crippen LogP contribution is 2.20. The van der Waals surface area contributed by atoms with E-state index in [2.05, 4.69) is 15.5 Å². The van der Waals surface area contributed by atoms with Crippen LogP contribution in [0.4, 0.5) is 5.69 Å². The smallest absolute Gasteiger partial charge is 0.286 e. The first-order chi connectivity index (χ1) is 15.6. The number of amides is 2. The monoisotopic (exact) mass is 470 g/mol. The quantitative estimate of drug-likeness (QED) is 0.545. The lowest BCUT2D eigenvalue weighted by Gasteiger charge is -2.20. The highest BCUT2D eigenvalue weighted by molar-refractivity contribution is 7.13. The van der Waals surface area contributed by atoms with Crippen LogP contribution in [-0.2, 0) is 6.61 Å². The number of aromatic nitrogens is 2. The molecule has 2 amide bonds. The molecule has 0 atom stereocenters. The fourth-order valence-corrected chi connectivity index (χ4v) is 4.19. The summed E-state index contributed by atoms with van der Waals surface area (Å²) in [5.74, 6) is 0.353. The first-order valence-corrected chi connectivity index (χ1v) is 11.7. The summed E-state index contributed by atoms with van der Waals surface area (Å²) in [5, 5.41) is 12.1. The minimum atomic E-state index is -0.340. The van der Waals surface area contributed by atoms with E-state index in [1.165, 1.54) is 24.2 Å². The molecule has 9 heteroatoms. The largest absolute Gasteiger partial charge is 0.486 e. The molecular weight excluding hydrogens is 448 g/mol. The molecule has 1 saturated heterocycles. The van der Waals surface area contributed by atoms with Crippen molar-refractivity contribution in [2.45, 2.75) is 32.3 Å². The summed E-state index contributed by atoms with van der Waals surface area (Å²) >= 11 is 7.02. The third-order valence-corrected chi connectivity index (χ3v) is 6.27. The third kappa shape index (κ3) is 5.83. The number of hydrogen-bond acceptors (Lipinski definition) is 6. The number of nitrogens with one attached hydrogen (secondary N) is 1. The van der Waals surface area contributed by atoms with Crippen LogP contribution in [-0.4, -0.2) is 40.0 Å². The molecule has 1 aliphatic heterocycles. The molecule has 2 heterocycles. The molecule has 0 radical (unpaired) electrons. The predicted octanol–water partition coefficient (Wildman–Crippen LogP) is 5.04. The summed E-state index contributed by atoms with van der Waals surface area (Å²) in [5.41, 5.74) is 1.29. The molecule has 0 spiro atoms. The Bertz CT molecular complexity index is 1060. The Labute approximate surface area is 195 Å². The molecule has 0 unspecified atom stereocenters. The van der Waals surface area contributed by atoms with Crippen molar-refractivity contribution in [1.82, 2.24) is 15.1 Å². The zero-order chi connectivity index (χ0) is 22.3.